The third-order valence-corrected chi connectivity index (χ3v) is 3.38. The molecule has 0 bridgehead atoms. The minimum absolute atomic E-state index is 0.0224. The van der Waals surface area contributed by atoms with Crippen LogP contribution in [0.15, 0.2) is 18.6 Å². The largest absolute Gasteiger partial charge is 0.283 e. The van der Waals surface area contributed by atoms with E-state index in [-0.39, 0.29) is 5.69 Å². The summed E-state index contributed by atoms with van der Waals surface area (Å²) in [6.07, 6.45) is 2.54. The van der Waals surface area contributed by atoms with Crippen LogP contribution in [0.5, 0.6) is 0 Å². The summed E-state index contributed by atoms with van der Waals surface area (Å²) < 4.78 is 24.6. The fourth-order valence-electron chi connectivity index (χ4n) is 0.724. The third kappa shape index (κ3) is 2.98. The van der Waals surface area contributed by atoms with Crippen molar-refractivity contribution in [2.45, 2.75) is 19.1 Å². The molecule has 1 N–H and O–H groups in total. The highest BCUT2D eigenvalue weighted by Crippen LogP contribution is 1.98. The van der Waals surface area contributed by atoms with Gasteiger partial charge >= 0.3 is 0 Å². The number of amides is 1. The number of carbonyl (C=O) groups excluding carboxylic acids is 1. The van der Waals surface area contributed by atoms with E-state index in [0.29, 0.717) is 0 Å². The average Bonchev–Trinajstić information content (AvgIpc) is 2.18. The predicted molar refractivity (Wildman–Crippen MR) is 53.6 cm³/mol. The first-order valence-electron chi connectivity index (χ1n) is 4.25. The summed E-state index contributed by atoms with van der Waals surface area (Å²) in [7, 11) is -3.61. The quantitative estimate of drug-likeness (QED) is 0.784. The zero-order valence-corrected chi connectivity index (χ0v) is 9.15. The molecule has 0 unspecified atom stereocenters. The molecular weight excluding hydrogens is 218 g/mol. The summed E-state index contributed by atoms with van der Waals surface area (Å²) in [5.41, 5.74) is 0.0224. The van der Waals surface area contributed by atoms with Gasteiger partial charge in [-0.2, -0.15) is 0 Å². The van der Waals surface area contributed by atoms with Gasteiger partial charge in [0, 0.05) is 6.20 Å². The fraction of sp³-hybridized carbons (Fsp3) is 0.375. The lowest BCUT2D eigenvalue weighted by Crippen LogP contribution is -2.36. The molecule has 0 aliphatic rings. The maximum Gasteiger partial charge on any atom is 0.283 e. The van der Waals surface area contributed by atoms with E-state index < -0.39 is 21.2 Å². The molecular formula is C8H11N3O3S. The van der Waals surface area contributed by atoms with E-state index in [4.69, 9.17) is 0 Å². The van der Waals surface area contributed by atoms with Gasteiger partial charge in [0.05, 0.1) is 5.25 Å². The van der Waals surface area contributed by atoms with Gasteiger partial charge in [-0.15, -0.1) is 0 Å². The third-order valence-electron chi connectivity index (χ3n) is 1.67. The first-order chi connectivity index (χ1) is 6.93. The summed E-state index contributed by atoms with van der Waals surface area (Å²) >= 11 is 0. The molecule has 1 aromatic rings. The molecule has 0 fully saturated rings. The van der Waals surface area contributed by atoms with Crippen LogP contribution in [0.25, 0.3) is 0 Å². The molecule has 0 radical (unpaired) electrons. The van der Waals surface area contributed by atoms with Gasteiger partial charge in [-0.25, -0.2) is 23.1 Å². The van der Waals surface area contributed by atoms with Crippen LogP contribution >= 0.6 is 0 Å². The first-order valence-corrected chi connectivity index (χ1v) is 5.80. The lowest BCUT2D eigenvalue weighted by atomic mass is 10.4. The molecule has 1 amide bonds. The first kappa shape index (κ1) is 11.6. The Kier molecular flexibility index (Phi) is 3.35. The molecule has 0 aromatic carbocycles. The number of carbonyl (C=O) groups is 1. The molecule has 0 aliphatic heterocycles. The monoisotopic (exact) mass is 229 g/mol. The Balaban J connectivity index is 2.82. The smallest absolute Gasteiger partial charge is 0.266 e. The zero-order valence-electron chi connectivity index (χ0n) is 8.34. The van der Waals surface area contributed by atoms with E-state index in [1.807, 2.05) is 4.72 Å². The topological polar surface area (TPSA) is 89.0 Å². The zero-order chi connectivity index (χ0) is 11.5. The lowest BCUT2D eigenvalue weighted by molar-refractivity contribution is 0.0976. The predicted octanol–water partition coefficient (Wildman–Crippen LogP) is -0.0554. The highest BCUT2D eigenvalue weighted by molar-refractivity contribution is 7.90. The van der Waals surface area contributed by atoms with Gasteiger partial charge in [0.1, 0.15) is 12.0 Å². The second-order valence-electron chi connectivity index (χ2n) is 3.12. The summed E-state index contributed by atoms with van der Waals surface area (Å²) in [5, 5.41) is -0.664. The van der Waals surface area contributed by atoms with Crippen molar-refractivity contribution in [2.75, 3.05) is 0 Å². The Bertz CT molecular complexity index is 441. The van der Waals surface area contributed by atoms with Crippen molar-refractivity contribution in [1.29, 1.82) is 0 Å². The molecule has 7 heteroatoms. The van der Waals surface area contributed by atoms with Crippen LogP contribution in [0.4, 0.5) is 0 Å². The Labute approximate surface area is 87.8 Å². The molecule has 1 rings (SSSR count). The van der Waals surface area contributed by atoms with Crippen molar-refractivity contribution in [1.82, 2.24) is 14.7 Å². The SMILES string of the molecule is CC(C)S(=O)(=O)NC(=O)c1ccncn1. The number of sulfonamides is 1. The van der Waals surface area contributed by atoms with E-state index in [1.54, 1.807) is 0 Å². The number of aromatic nitrogens is 2. The second kappa shape index (κ2) is 4.35. The number of hydrogen-bond donors (Lipinski definition) is 1. The summed E-state index contributed by atoms with van der Waals surface area (Å²) in [4.78, 5) is 18.6. The summed E-state index contributed by atoms with van der Waals surface area (Å²) in [5.74, 6) is -0.744. The van der Waals surface area contributed by atoms with Gasteiger partial charge in [0.2, 0.25) is 10.0 Å². The van der Waals surface area contributed by atoms with Gasteiger partial charge in [-0.3, -0.25) is 4.79 Å². The van der Waals surface area contributed by atoms with Gasteiger partial charge in [0.25, 0.3) is 5.91 Å². The van der Waals surface area contributed by atoms with E-state index in [0.717, 1.165) is 0 Å². The van der Waals surface area contributed by atoms with E-state index in [2.05, 4.69) is 9.97 Å². The average molecular weight is 229 g/mol. The maximum atomic E-state index is 11.4. The van der Waals surface area contributed by atoms with Gasteiger partial charge in [-0.05, 0) is 19.9 Å². The molecule has 1 aromatic heterocycles. The highest BCUT2D eigenvalue weighted by Gasteiger charge is 2.20. The molecule has 0 aliphatic carbocycles. The van der Waals surface area contributed by atoms with Crippen molar-refractivity contribution < 1.29 is 13.2 Å². The van der Waals surface area contributed by atoms with Crippen LogP contribution in [0, 0.1) is 0 Å². The van der Waals surface area contributed by atoms with E-state index in [9.17, 15) is 13.2 Å². The molecule has 0 spiro atoms. The van der Waals surface area contributed by atoms with Gasteiger partial charge in [0.15, 0.2) is 0 Å². The van der Waals surface area contributed by atoms with Crippen molar-refractivity contribution in [2.24, 2.45) is 0 Å². The lowest BCUT2D eigenvalue weighted by Gasteiger charge is -2.08. The number of nitrogens with one attached hydrogen (secondary N) is 1. The van der Waals surface area contributed by atoms with Crippen molar-refractivity contribution in [3.8, 4) is 0 Å². The molecule has 6 nitrogen and oxygen atoms in total. The van der Waals surface area contributed by atoms with Crippen molar-refractivity contribution in [3.63, 3.8) is 0 Å². The standard InChI is InChI=1S/C8H11N3O3S/c1-6(2)15(13,14)11-8(12)7-3-4-9-5-10-7/h3-6H,1-2H3,(H,11,12). The molecule has 1 heterocycles. The second-order valence-corrected chi connectivity index (χ2v) is 5.36. The van der Waals surface area contributed by atoms with E-state index in [1.165, 1.54) is 32.4 Å². The Morgan fingerprint density at radius 1 is 1.47 bits per heavy atom. The molecule has 0 saturated carbocycles. The minimum atomic E-state index is -3.61. The molecule has 0 saturated heterocycles. The van der Waals surface area contributed by atoms with Gasteiger partial charge in [-0.1, -0.05) is 0 Å². The van der Waals surface area contributed by atoms with Crippen LogP contribution in [0.1, 0.15) is 24.3 Å². The molecule has 0 atom stereocenters. The van der Waals surface area contributed by atoms with Crippen LogP contribution < -0.4 is 4.72 Å². The Morgan fingerprint density at radius 3 is 2.60 bits per heavy atom. The fourth-order valence-corrected chi connectivity index (χ4v) is 1.32. The number of rotatable bonds is 3. The maximum absolute atomic E-state index is 11.4. The highest BCUT2D eigenvalue weighted by atomic mass is 32.2. The molecule has 82 valence electrons. The van der Waals surface area contributed by atoms with Crippen molar-refractivity contribution >= 4 is 15.9 Å². The molecule has 15 heavy (non-hydrogen) atoms. The van der Waals surface area contributed by atoms with Gasteiger partial charge < -0.3 is 0 Å². The Hall–Kier alpha value is -1.50. The van der Waals surface area contributed by atoms with Crippen molar-refractivity contribution in [3.05, 3.63) is 24.3 Å². The van der Waals surface area contributed by atoms with Crippen LogP contribution in [-0.4, -0.2) is 29.5 Å². The van der Waals surface area contributed by atoms with Crippen LogP contribution in [-0.2, 0) is 10.0 Å². The Morgan fingerprint density at radius 2 is 2.13 bits per heavy atom. The minimum Gasteiger partial charge on any atom is -0.266 e. The number of hydrogen-bond acceptors (Lipinski definition) is 5. The normalized spacial score (nSPS) is 11.4. The van der Waals surface area contributed by atoms with Crippen LogP contribution in [0.3, 0.4) is 0 Å². The summed E-state index contributed by atoms with van der Waals surface area (Å²) in [6.45, 7) is 2.96. The van der Waals surface area contributed by atoms with E-state index >= 15 is 0 Å². The van der Waals surface area contributed by atoms with Crippen LogP contribution in [0.2, 0.25) is 0 Å². The number of nitrogens with zero attached hydrogens (tertiary/aromatic N) is 2. The summed E-state index contributed by atoms with van der Waals surface area (Å²) in [6, 6.07) is 1.34.